The number of hydrogen-bond acceptors (Lipinski definition) is 3. The minimum absolute atomic E-state index is 0.0481. The van der Waals surface area contributed by atoms with Gasteiger partial charge in [0.25, 0.3) is 0 Å². The highest BCUT2D eigenvalue weighted by molar-refractivity contribution is 5.87. The zero-order valence-corrected chi connectivity index (χ0v) is 14.2. The molecule has 3 rings (SSSR count). The molecule has 3 unspecified atom stereocenters. The van der Waals surface area contributed by atoms with Crippen molar-refractivity contribution in [3.8, 4) is 0 Å². The van der Waals surface area contributed by atoms with Crippen LogP contribution < -0.4 is 0 Å². The summed E-state index contributed by atoms with van der Waals surface area (Å²) in [5.41, 5.74) is 0.183. The van der Waals surface area contributed by atoms with Gasteiger partial charge in [0.1, 0.15) is 5.78 Å². The molecule has 0 heterocycles. The van der Waals surface area contributed by atoms with Crippen LogP contribution in [0.5, 0.6) is 0 Å². The third-order valence-electron chi connectivity index (χ3n) is 7.75. The van der Waals surface area contributed by atoms with Crippen molar-refractivity contribution < 1.29 is 15.0 Å². The predicted octanol–water partition coefficient (Wildman–Crippen LogP) is 3.32. The third-order valence-corrected chi connectivity index (χ3v) is 7.75. The van der Waals surface area contributed by atoms with Gasteiger partial charge in [0.2, 0.25) is 0 Å². The second-order valence-corrected chi connectivity index (χ2v) is 8.69. The topological polar surface area (TPSA) is 57.5 Å². The fourth-order valence-corrected chi connectivity index (χ4v) is 5.93. The molecular formula is C19H32O3. The Kier molecular flexibility index (Phi) is 4.41. The van der Waals surface area contributed by atoms with Crippen LogP contribution in [0, 0.1) is 28.6 Å². The Morgan fingerprint density at radius 2 is 1.86 bits per heavy atom. The van der Waals surface area contributed by atoms with Crippen molar-refractivity contribution in [1.82, 2.24) is 0 Å². The molecule has 0 spiro atoms. The molecular weight excluding hydrogens is 276 g/mol. The molecule has 2 N–H and O–H groups in total. The maximum absolute atomic E-state index is 12.2. The summed E-state index contributed by atoms with van der Waals surface area (Å²) >= 11 is 0. The van der Waals surface area contributed by atoms with Crippen molar-refractivity contribution in [3.05, 3.63) is 0 Å². The summed E-state index contributed by atoms with van der Waals surface area (Å²) in [7, 11) is 0. The van der Waals surface area contributed by atoms with E-state index < -0.39 is 0 Å². The normalized spacial score (nSPS) is 49.2. The summed E-state index contributed by atoms with van der Waals surface area (Å²) in [6.45, 7) is 4.81. The smallest absolute Gasteiger partial charge is 0.139 e. The average Bonchev–Trinajstić information content (AvgIpc) is 2.79. The maximum Gasteiger partial charge on any atom is 0.139 e. The molecule has 0 saturated heterocycles. The van der Waals surface area contributed by atoms with Crippen LogP contribution in [0.4, 0.5) is 0 Å². The van der Waals surface area contributed by atoms with Crippen LogP contribution in [0.1, 0.15) is 71.6 Å². The van der Waals surface area contributed by atoms with Crippen LogP contribution in [-0.4, -0.2) is 28.7 Å². The van der Waals surface area contributed by atoms with Crippen molar-refractivity contribution in [2.24, 2.45) is 28.6 Å². The lowest BCUT2D eigenvalue weighted by atomic mass is 9.52. The number of ketones is 1. The summed E-state index contributed by atoms with van der Waals surface area (Å²) in [4.78, 5) is 12.2. The molecule has 3 fully saturated rings. The predicted molar refractivity (Wildman–Crippen MR) is 86.3 cm³/mol. The number of Topliss-reactive ketones (excluding diaryl/α,β-unsaturated/α-hetero) is 1. The Hall–Kier alpha value is -0.410. The number of rotatable bonds is 3. The largest absolute Gasteiger partial charge is 0.396 e. The molecule has 0 radical (unpaired) electrons. The first-order valence-electron chi connectivity index (χ1n) is 9.22. The number of carbonyl (C=O) groups is 1. The number of aliphatic hydroxyl groups excluding tert-OH is 2. The van der Waals surface area contributed by atoms with E-state index in [0.717, 1.165) is 51.4 Å². The number of carbonyl (C=O) groups excluding carboxylic acids is 1. The van der Waals surface area contributed by atoms with E-state index in [2.05, 4.69) is 13.8 Å². The van der Waals surface area contributed by atoms with Crippen LogP contribution in [0.3, 0.4) is 0 Å². The number of fused-ring (bicyclic) bond motifs is 1. The SMILES string of the molecule is C[C@]1(C2CC[C@]3(C)C(=O)CCC3C2)CC[C@H](O)CC1CCO. The van der Waals surface area contributed by atoms with Crippen LogP contribution in [-0.2, 0) is 4.79 Å². The lowest BCUT2D eigenvalue weighted by molar-refractivity contribution is -0.130. The highest BCUT2D eigenvalue weighted by Crippen LogP contribution is 2.59. The van der Waals surface area contributed by atoms with Crippen molar-refractivity contribution in [2.45, 2.75) is 77.7 Å². The van der Waals surface area contributed by atoms with E-state index in [0.29, 0.717) is 23.5 Å². The summed E-state index contributed by atoms with van der Waals surface area (Å²) in [6, 6.07) is 0. The van der Waals surface area contributed by atoms with Gasteiger partial charge in [-0.25, -0.2) is 0 Å². The van der Waals surface area contributed by atoms with Gasteiger partial charge in [-0.1, -0.05) is 13.8 Å². The van der Waals surface area contributed by atoms with Crippen molar-refractivity contribution in [1.29, 1.82) is 0 Å². The summed E-state index contributed by atoms with van der Waals surface area (Å²) in [5, 5.41) is 19.5. The van der Waals surface area contributed by atoms with Gasteiger partial charge >= 0.3 is 0 Å². The van der Waals surface area contributed by atoms with E-state index in [9.17, 15) is 15.0 Å². The molecule has 0 amide bonds. The fourth-order valence-electron chi connectivity index (χ4n) is 5.93. The second kappa shape index (κ2) is 5.90. The van der Waals surface area contributed by atoms with Crippen LogP contribution in [0.25, 0.3) is 0 Å². The fraction of sp³-hybridized carbons (Fsp3) is 0.947. The first-order valence-corrected chi connectivity index (χ1v) is 9.22. The molecule has 6 atom stereocenters. The van der Waals surface area contributed by atoms with Gasteiger partial charge < -0.3 is 10.2 Å². The molecule has 3 heteroatoms. The lowest BCUT2D eigenvalue weighted by Gasteiger charge is -2.52. The minimum atomic E-state index is -0.188. The van der Waals surface area contributed by atoms with Gasteiger partial charge in [0.15, 0.2) is 0 Å². The molecule has 0 aromatic carbocycles. The molecule has 0 aromatic rings. The highest BCUT2D eigenvalue weighted by Gasteiger charge is 2.53. The Morgan fingerprint density at radius 1 is 1.09 bits per heavy atom. The van der Waals surface area contributed by atoms with Gasteiger partial charge in [-0.2, -0.15) is 0 Å². The standard InChI is InChI=1S/C19H32O3/c1-18(9-6-16(21)12-15(18)7-10-20)14-5-8-19(2)13(11-14)3-4-17(19)22/h13-16,20-21H,3-12H2,1-2H3/t13?,14?,15?,16-,18+,19-/m0/s1. The van der Waals surface area contributed by atoms with Crippen molar-refractivity contribution in [2.75, 3.05) is 6.61 Å². The molecule has 0 aliphatic heterocycles. The molecule has 3 saturated carbocycles. The lowest BCUT2D eigenvalue weighted by Crippen LogP contribution is -2.46. The zero-order chi connectivity index (χ0) is 16.0. The van der Waals surface area contributed by atoms with E-state index in [1.165, 1.54) is 6.42 Å². The van der Waals surface area contributed by atoms with Gasteiger partial charge in [0, 0.05) is 18.4 Å². The molecule has 0 bridgehead atoms. The van der Waals surface area contributed by atoms with Crippen LogP contribution in [0.2, 0.25) is 0 Å². The highest BCUT2D eigenvalue weighted by atomic mass is 16.3. The summed E-state index contributed by atoms with van der Waals surface area (Å²) in [5.74, 6) is 2.14. The first kappa shape index (κ1) is 16.4. The van der Waals surface area contributed by atoms with Gasteiger partial charge in [0.05, 0.1) is 6.10 Å². The summed E-state index contributed by atoms with van der Waals surface area (Å²) < 4.78 is 0. The van der Waals surface area contributed by atoms with E-state index in [1.807, 2.05) is 0 Å². The molecule has 3 aliphatic rings. The van der Waals surface area contributed by atoms with Gasteiger partial charge in [-0.3, -0.25) is 4.79 Å². The van der Waals surface area contributed by atoms with Crippen molar-refractivity contribution in [3.63, 3.8) is 0 Å². The third kappa shape index (κ3) is 2.54. The summed E-state index contributed by atoms with van der Waals surface area (Å²) in [6.07, 6.45) is 8.66. The molecule has 22 heavy (non-hydrogen) atoms. The van der Waals surface area contributed by atoms with E-state index in [4.69, 9.17) is 0 Å². The number of aliphatic hydroxyl groups is 2. The quantitative estimate of drug-likeness (QED) is 0.841. The van der Waals surface area contributed by atoms with E-state index >= 15 is 0 Å². The van der Waals surface area contributed by atoms with Gasteiger partial charge in [-0.05, 0) is 74.5 Å². The Balaban J connectivity index is 1.76. The van der Waals surface area contributed by atoms with E-state index in [1.54, 1.807) is 0 Å². The minimum Gasteiger partial charge on any atom is -0.396 e. The van der Waals surface area contributed by atoms with Crippen molar-refractivity contribution >= 4 is 5.78 Å². The molecule has 3 nitrogen and oxygen atoms in total. The first-order chi connectivity index (χ1) is 10.4. The second-order valence-electron chi connectivity index (χ2n) is 8.69. The molecule has 0 aromatic heterocycles. The Bertz CT molecular complexity index is 434. The Morgan fingerprint density at radius 3 is 2.59 bits per heavy atom. The monoisotopic (exact) mass is 308 g/mol. The van der Waals surface area contributed by atoms with Crippen LogP contribution in [0.15, 0.2) is 0 Å². The molecule has 3 aliphatic carbocycles. The maximum atomic E-state index is 12.2. The molecule has 126 valence electrons. The zero-order valence-electron chi connectivity index (χ0n) is 14.2. The number of hydrogen-bond donors (Lipinski definition) is 2. The van der Waals surface area contributed by atoms with Gasteiger partial charge in [-0.15, -0.1) is 0 Å². The average molecular weight is 308 g/mol. The Labute approximate surface area is 134 Å². The van der Waals surface area contributed by atoms with Crippen LogP contribution >= 0.6 is 0 Å². The van der Waals surface area contributed by atoms with E-state index in [-0.39, 0.29) is 23.5 Å².